The zero-order valence-electron chi connectivity index (χ0n) is 10.1. The van der Waals surface area contributed by atoms with Crippen LogP contribution in [-0.4, -0.2) is 9.97 Å². The first kappa shape index (κ1) is 11.2. The number of nitrogens with one attached hydrogen (secondary N) is 1. The predicted molar refractivity (Wildman–Crippen MR) is 75.9 cm³/mol. The molecule has 2 aromatic heterocycles. The third kappa shape index (κ3) is 2.19. The molecule has 0 aliphatic rings. The molecule has 0 unspecified atom stereocenters. The van der Waals surface area contributed by atoms with Crippen LogP contribution in [0.15, 0.2) is 41.9 Å². The van der Waals surface area contributed by atoms with Gasteiger partial charge >= 0.3 is 0 Å². The maximum atomic E-state index is 4.53. The molecule has 3 aromatic rings. The van der Waals surface area contributed by atoms with Crippen LogP contribution in [0, 0.1) is 6.92 Å². The van der Waals surface area contributed by atoms with Crippen LogP contribution in [0.4, 0.5) is 5.69 Å². The smallest absolute Gasteiger partial charge is 0.112 e. The fourth-order valence-electron chi connectivity index (χ4n) is 1.97. The van der Waals surface area contributed by atoms with Crippen molar-refractivity contribution in [3.05, 3.63) is 52.6 Å². The quantitative estimate of drug-likeness (QED) is 0.777. The number of aromatic nitrogens is 2. The van der Waals surface area contributed by atoms with Gasteiger partial charge in [0.1, 0.15) is 5.01 Å². The second-order valence-corrected chi connectivity index (χ2v) is 5.09. The van der Waals surface area contributed by atoms with Crippen molar-refractivity contribution in [2.24, 2.45) is 0 Å². The van der Waals surface area contributed by atoms with Gasteiger partial charge in [0, 0.05) is 28.3 Å². The summed E-state index contributed by atoms with van der Waals surface area (Å²) in [5, 5.41) is 7.68. The molecule has 1 aromatic carbocycles. The van der Waals surface area contributed by atoms with Crippen molar-refractivity contribution in [3.63, 3.8) is 0 Å². The second-order valence-electron chi connectivity index (χ2n) is 4.11. The summed E-state index contributed by atoms with van der Waals surface area (Å²) in [7, 11) is 0. The highest BCUT2D eigenvalue weighted by Gasteiger charge is 2.03. The van der Waals surface area contributed by atoms with Crippen LogP contribution in [0.3, 0.4) is 0 Å². The average Bonchev–Trinajstić information content (AvgIpc) is 2.89. The number of benzene rings is 1. The Labute approximate surface area is 110 Å². The van der Waals surface area contributed by atoms with Crippen molar-refractivity contribution in [1.29, 1.82) is 0 Å². The lowest BCUT2D eigenvalue weighted by atomic mass is 10.1. The summed E-state index contributed by atoms with van der Waals surface area (Å²) in [5.41, 5.74) is 3.17. The number of anilines is 1. The number of hydrogen-bond donors (Lipinski definition) is 1. The van der Waals surface area contributed by atoms with E-state index >= 15 is 0 Å². The number of para-hydroxylation sites is 1. The van der Waals surface area contributed by atoms with Gasteiger partial charge < -0.3 is 5.32 Å². The van der Waals surface area contributed by atoms with Gasteiger partial charge in [-0.3, -0.25) is 4.98 Å². The highest BCUT2D eigenvalue weighted by atomic mass is 32.1. The van der Waals surface area contributed by atoms with Crippen LogP contribution in [-0.2, 0) is 6.54 Å². The summed E-state index contributed by atoms with van der Waals surface area (Å²) in [6, 6.07) is 10.3. The lowest BCUT2D eigenvalue weighted by molar-refractivity contribution is 1.10. The van der Waals surface area contributed by atoms with E-state index in [0.717, 1.165) is 33.8 Å². The van der Waals surface area contributed by atoms with E-state index in [0.29, 0.717) is 0 Å². The van der Waals surface area contributed by atoms with Gasteiger partial charge in [-0.25, -0.2) is 4.98 Å². The molecule has 0 saturated heterocycles. The summed E-state index contributed by atoms with van der Waals surface area (Å²) in [6.45, 7) is 2.77. The first-order chi connectivity index (χ1) is 8.83. The molecule has 90 valence electrons. The normalized spacial score (nSPS) is 10.7. The van der Waals surface area contributed by atoms with Crippen LogP contribution in [0.25, 0.3) is 10.9 Å². The third-order valence-corrected chi connectivity index (χ3v) is 3.54. The lowest BCUT2D eigenvalue weighted by Gasteiger charge is -2.09. The fourth-order valence-corrected chi connectivity index (χ4v) is 2.52. The maximum absolute atomic E-state index is 4.53. The van der Waals surface area contributed by atoms with Gasteiger partial charge in [-0.15, -0.1) is 11.3 Å². The van der Waals surface area contributed by atoms with E-state index in [1.807, 2.05) is 36.7 Å². The number of hydrogen-bond acceptors (Lipinski definition) is 4. The molecular weight excluding hydrogens is 242 g/mol. The van der Waals surface area contributed by atoms with Crippen LogP contribution in [0.1, 0.15) is 10.7 Å². The molecule has 0 radical (unpaired) electrons. The molecule has 0 spiro atoms. The topological polar surface area (TPSA) is 37.8 Å². The minimum absolute atomic E-state index is 0.755. The summed E-state index contributed by atoms with van der Waals surface area (Å²) in [4.78, 5) is 8.80. The Morgan fingerprint density at radius 2 is 2.17 bits per heavy atom. The van der Waals surface area contributed by atoms with Gasteiger partial charge in [0.05, 0.1) is 12.1 Å². The van der Waals surface area contributed by atoms with E-state index in [4.69, 9.17) is 0 Å². The van der Waals surface area contributed by atoms with Crippen LogP contribution >= 0.6 is 11.3 Å². The molecule has 0 fully saturated rings. The molecule has 3 nitrogen and oxygen atoms in total. The van der Waals surface area contributed by atoms with E-state index in [2.05, 4.69) is 27.4 Å². The van der Waals surface area contributed by atoms with E-state index in [1.54, 1.807) is 11.3 Å². The Hall–Kier alpha value is -1.94. The first-order valence-electron chi connectivity index (χ1n) is 5.81. The zero-order chi connectivity index (χ0) is 12.4. The van der Waals surface area contributed by atoms with Crippen molar-refractivity contribution >= 4 is 27.9 Å². The van der Waals surface area contributed by atoms with Crippen LogP contribution < -0.4 is 5.32 Å². The number of thiazole rings is 1. The van der Waals surface area contributed by atoms with Gasteiger partial charge in [-0.2, -0.15) is 0 Å². The summed E-state index contributed by atoms with van der Waals surface area (Å²) in [6.07, 6.45) is 1.83. The molecular formula is C14H13N3S. The average molecular weight is 255 g/mol. The Morgan fingerprint density at radius 1 is 1.28 bits per heavy atom. The molecule has 18 heavy (non-hydrogen) atoms. The largest absolute Gasteiger partial charge is 0.378 e. The molecule has 3 rings (SSSR count). The summed E-state index contributed by atoms with van der Waals surface area (Å²) < 4.78 is 0. The zero-order valence-corrected chi connectivity index (χ0v) is 10.9. The molecule has 2 heterocycles. The van der Waals surface area contributed by atoms with Crippen molar-refractivity contribution in [2.45, 2.75) is 13.5 Å². The van der Waals surface area contributed by atoms with Gasteiger partial charge in [0.15, 0.2) is 0 Å². The van der Waals surface area contributed by atoms with Gasteiger partial charge in [-0.1, -0.05) is 18.2 Å². The molecule has 0 atom stereocenters. The van der Waals surface area contributed by atoms with Gasteiger partial charge in [0.2, 0.25) is 0 Å². The number of nitrogens with zero attached hydrogens (tertiary/aromatic N) is 2. The summed E-state index contributed by atoms with van der Waals surface area (Å²) >= 11 is 1.66. The Bertz CT molecular complexity index is 662. The van der Waals surface area contributed by atoms with Crippen molar-refractivity contribution in [3.8, 4) is 0 Å². The van der Waals surface area contributed by atoms with Gasteiger partial charge in [0.25, 0.3) is 0 Å². The van der Waals surface area contributed by atoms with Gasteiger partial charge in [-0.05, 0) is 19.1 Å². The maximum Gasteiger partial charge on any atom is 0.112 e. The molecule has 0 bridgehead atoms. The molecule has 4 heteroatoms. The van der Waals surface area contributed by atoms with E-state index in [-0.39, 0.29) is 0 Å². The Kier molecular flexibility index (Phi) is 2.94. The predicted octanol–water partition coefficient (Wildman–Crippen LogP) is 3.61. The second kappa shape index (κ2) is 4.74. The molecule has 1 N–H and O–H groups in total. The standard InChI is InChI=1S/C14H13N3S/c1-10-8-13(16-9-14-15-6-7-18-14)11-4-2-3-5-12(11)17-10/h2-8H,9H2,1H3,(H,16,17). The molecule has 0 saturated carbocycles. The molecule has 0 aliphatic carbocycles. The van der Waals surface area contributed by atoms with E-state index < -0.39 is 0 Å². The first-order valence-corrected chi connectivity index (χ1v) is 6.69. The SMILES string of the molecule is Cc1cc(NCc2nccs2)c2ccccc2n1. The lowest BCUT2D eigenvalue weighted by Crippen LogP contribution is -2.00. The molecule has 0 amide bonds. The monoisotopic (exact) mass is 255 g/mol. The third-order valence-electron chi connectivity index (χ3n) is 2.76. The number of fused-ring (bicyclic) bond motifs is 1. The fraction of sp³-hybridized carbons (Fsp3) is 0.143. The van der Waals surface area contributed by atoms with E-state index in [1.165, 1.54) is 0 Å². The molecule has 0 aliphatic heterocycles. The number of aryl methyl sites for hydroxylation is 1. The minimum Gasteiger partial charge on any atom is -0.378 e. The van der Waals surface area contributed by atoms with Crippen molar-refractivity contribution < 1.29 is 0 Å². The summed E-state index contributed by atoms with van der Waals surface area (Å²) in [5.74, 6) is 0. The number of pyridine rings is 1. The Balaban J connectivity index is 1.95. The minimum atomic E-state index is 0.755. The highest BCUT2D eigenvalue weighted by molar-refractivity contribution is 7.09. The Morgan fingerprint density at radius 3 is 3.00 bits per heavy atom. The van der Waals surface area contributed by atoms with Crippen molar-refractivity contribution in [2.75, 3.05) is 5.32 Å². The number of rotatable bonds is 3. The van der Waals surface area contributed by atoms with E-state index in [9.17, 15) is 0 Å². The van der Waals surface area contributed by atoms with Crippen LogP contribution in [0.5, 0.6) is 0 Å². The van der Waals surface area contributed by atoms with Crippen LogP contribution in [0.2, 0.25) is 0 Å². The van der Waals surface area contributed by atoms with Crippen molar-refractivity contribution in [1.82, 2.24) is 9.97 Å². The highest BCUT2D eigenvalue weighted by Crippen LogP contribution is 2.23.